The second kappa shape index (κ2) is 7.49. The Morgan fingerprint density at radius 3 is 2.50 bits per heavy atom. The molecule has 5 heteroatoms. The van der Waals surface area contributed by atoms with E-state index in [0.717, 1.165) is 12.8 Å². The minimum Gasteiger partial charge on any atom is -0.444 e. The minimum absolute atomic E-state index is 0.0430. The van der Waals surface area contributed by atoms with Gasteiger partial charge < -0.3 is 9.64 Å². The van der Waals surface area contributed by atoms with Crippen LogP contribution in [0.1, 0.15) is 53.4 Å². The summed E-state index contributed by atoms with van der Waals surface area (Å²) < 4.78 is 18.8. The van der Waals surface area contributed by atoms with Crippen molar-refractivity contribution in [2.45, 2.75) is 59.0 Å². The Labute approximate surface area is 143 Å². The number of likely N-dealkylation sites (tertiary alicyclic amines) is 1. The van der Waals surface area contributed by atoms with Gasteiger partial charge in [-0.3, -0.25) is 4.79 Å². The van der Waals surface area contributed by atoms with Crippen molar-refractivity contribution < 1.29 is 18.7 Å². The van der Waals surface area contributed by atoms with Crippen molar-refractivity contribution in [1.29, 1.82) is 0 Å². The second-order valence-corrected chi connectivity index (χ2v) is 7.86. The summed E-state index contributed by atoms with van der Waals surface area (Å²) in [6.07, 6.45) is 5.21. The number of hydrogen-bond donors (Lipinski definition) is 0. The summed E-state index contributed by atoms with van der Waals surface area (Å²) in [5, 5.41) is 0. The maximum atomic E-state index is 13.4. The molecule has 1 fully saturated rings. The molecule has 0 saturated carbocycles. The maximum Gasteiger partial charge on any atom is 0.410 e. The van der Waals surface area contributed by atoms with Crippen molar-refractivity contribution in [3.05, 3.63) is 23.6 Å². The first kappa shape index (κ1) is 18.7. The predicted molar refractivity (Wildman–Crippen MR) is 91.2 cm³/mol. The topological polar surface area (TPSA) is 46.6 Å². The summed E-state index contributed by atoms with van der Waals surface area (Å²) in [6, 6.07) is 0. The third kappa shape index (κ3) is 5.18. The van der Waals surface area contributed by atoms with E-state index in [1.165, 1.54) is 12.2 Å². The van der Waals surface area contributed by atoms with E-state index < -0.39 is 5.60 Å². The molecule has 24 heavy (non-hydrogen) atoms. The van der Waals surface area contributed by atoms with Gasteiger partial charge in [-0.2, -0.15) is 0 Å². The minimum atomic E-state index is -0.495. The molecule has 0 bridgehead atoms. The molecule has 1 saturated heterocycles. The Hall–Kier alpha value is -1.65. The fourth-order valence-corrected chi connectivity index (χ4v) is 3.15. The Morgan fingerprint density at radius 2 is 1.92 bits per heavy atom. The van der Waals surface area contributed by atoms with Gasteiger partial charge in [-0.25, -0.2) is 9.18 Å². The molecule has 2 aliphatic rings. The molecule has 0 aromatic heterocycles. The second-order valence-electron chi connectivity index (χ2n) is 7.86. The number of piperidine rings is 1. The monoisotopic (exact) mass is 337 g/mol. The van der Waals surface area contributed by atoms with Gasteiger partial charge in [0.25, 0.3) is 0 Å². The summed E-state index contributed by atoms with van der Waals surface area (Å²) in [4.78, 5) is 26.2. The number of carbonyl (C=O) groups is 2. The van der Waals surface area contributed by atoms with Gasteiger partial charge in [0, 0.05) is 25.1 Å². The molecular formula is C19H28FNO3. The average molecular weight is 337 g/mol. The Kier molecular flexibility index (Phi) is 5.83. The predicted octanol–water partition coefficient (Wildman–Crippen LogP) is 4.41. The van der Waals surface area contributed by atoms with Crippen LogP contribution in [0.2, 0.25) is 0 Å². The van der Waals surface area contributed by atoms with Crippen LogP contribution in [0.4, 0.5) is 9.18 Å². The zero-order valence-electron chi connectivity index (χ0n) is 15.1. The molecule has 0 aromatic rings. The smallest absolute Gasteiger partial charge is 0.410 e. The van der Waals surface area contributed by atoms with E-state index >= 15 is 0 Å². The van der Waals surface area contributed by atoms with Crippen LogP contribution in [0.15, 0.2) is 23.6 Å². The Balaban J connectivity index is 1.84. The van der Waals surface area contributed by atoms with Gasteiger partial charge in [-0.1, -0.05) is 6.92 Å². The fraction of sp³-hybridized carbons (Fsp3) is 0.684. The third-order valence-electron chi connectivity index (χ3n) is 4.55. The highest BCUT2D eigenvalue weighted by Crippen LogP contribution is 2.29. The third-order valence-corrected chi connectivity index (χ3v) is 4.55. The molecule has 4 nitrogen and oxygen atoms in total. The molecule has 1 aliphatic carbocycles. The molecule has 0 aromatic carbocycles. The van der Waals surface area contributed by atoms with Crippen molar-refractivity contribution in [2.24, 2.45) is 11.8 Å². The van der Waals surface area contributed by atoms with E-state index in [-0.39, 0.29) is 29.5 Å². The van der Waals surface area contributed by atoms with Crippen molar-refractivity contribution in [3.8, 4) is 0 Å². The zero-order chi connectivity index (χ0) is 17.9. The number of halogens is 1. The first-order chi connectivity index (χ1) is 11.2. The largest absolute Gasteiger partial charge is 0.444 e. The first-order valence-electron chi connectivity index (χ1n) is 8.74. The molecule has 1 heterocycles. The molecule has 1 atom stereocenters. The van der Waals surface area contributed by atoms with Gasteiger partial charge in [-0.15, -0.1) is 0 Å². The zero-order valence-corrected chi connectivity index (χ0v) is 15.1. The molecule has 1 unspecified atom stereocenters. The first-order valence-corrected chi connectivity index (χ1v) is 8.74. The molecule has 0 spiro atoms. The van der Waals surface area contributed by atoms with E-state index in [0.29, 0.717) is 31.5 Å². The van der Waals surface area contributed by atoms with Crippen molar-refractivity contribution in [3.63, 3.8) is 0 Å². The van der Waals surface area contributed by atoms with E-state index in [1.807, 2.05) is 27.7 Å². The Bertz CT molecular complexity index is 551. The molecular weight excluding hydrogens is 309 g/mol. The summed E-state index contributed by atoms with van der Waals surface area (Å²) >= 11 is 0. The van der Waals surface area contributed by atoms with Gasteiger partial charge >= 0.3 is 6.09 Å². The lowest BCUT2D eigenvalue weighted by Gasteiger charge is -2.33. The van der Waals surface area contributed by atoms with E-state index in [2.05, 4.69) is 0 Å². The molecule has 2 rings (SSSR count). The summed E-state index contributed by atoms with van der Waals surface area (Å²) in [6.45, 7) is 8.72. The maximum absolute atomic E-state index is 13.4. The summed E-state index contributed by atoms with van der Waals surface area (Å²) in [5.41, 5.74) is 0.106. The highest BCUT2D eigenvalue weighted by Gasteiger charge is 2.29. The lowest BCUT2D eigenvalue weighted by atomic mass is 9.84. The molecule has 1 aliphatic heterocycles. The van der Waals surface area contributed by atoms with Crippen LogP contribution in [-0.4, -0.2) is 35.5 Å². The van der Waals surface area contributed by atoms with E-state index in [9.17, 15) is 14.0 Å². The Morgan fingerprint density at radius 1 is 1.29 bits per heavy atom. The van der Waals surface area contributed by atoms with Gasteiger partial charge in [0.05, 0.1) is 0 Å². The van der Waals surface area contributed by atoms with Gasteiger partial charge in [0.2, 0.25) is 0 Å². The van der Waals surface area contributed by atoms with Crippen molar-refractivity contribution >= 4 is 11.9 Å². The number of ether oxygens (including phenoxy) is 1. The number of amides is 1. The highest BCUT2D eigenvalue weighted by molar-refractivity contribution is 5.96. The van der Waals surface area contributed by atoms with Crippen molar-refractivity contribution in [2.75, 3.05) is 13.1 Å². The number of Topliss-reactive ketones (excluding diaryl/α,β-unsaturated/α-hetero) is 1. The normalized spacial score (nSPS) is 22.7. The number of rotatable bonds is 3. The summed E-state index contributed by atoms with van der Waals surface area (Å²) in [7, 11) is 0. The van der Waals surface area contributed by atoms with Crippen LogP contribution in [0.25, 0.3) is 0 Å². The number of allylic oxidation sites excluding steroid dienone is 4. The number of nitrogens with zero attached hydrogens (tertiary/aromatic N) is 1. The number of hydrogen-bond acceptors (Lipinski definition) is 3. The molecule has 0 N–H and O–H groups in total. The summed E-state index contributed by atoms with van der Waals surface area (Å²) in [5.74, 6) is 0.0646. The van der Waals surface area contributed by atoms with Crippen LogP contribution < -0.4 is 0 Å². The SMILES string of the molecule is CC1CC=C(F)C=C1C(=O)CC1CCN(C(=O)OC(C)(C)C)CC1. The van der Waals surface area contributed by atoms with Crippen molar-refractivity contribution in [1.82, 2.24) is 4.90 Å². The van der Waals surface area contributed by atoms with Crippen LogP contribution in [-0.2, 0) is 9.53 Å². The fourth-order valence-electron chi connectivity index (χ4n) is 3.15. The van der Waals surface area contributed by atoms with Gasteiger partial charge in [0.1, 0.15) is 11.4 Å². The van der Waals surface area contributed by atoms with E-state index in [4.69, 9.17) is 4.74 Å². The lowest BCUT2D eigenvalue weighted by Crippen LogP contribution is -2.42. The van der Waals surface area contributed by atoms with Crippen LogP contribution in [0, 0.1) is 11.8 Å². The van der Waals surface area contributed by atoms with Gasteiger partial charge in [-0.05, 0) is 64.0 Å². The average Bonchev–Trinajstić information content (AvgIpc) is 2.48. The lowest BCUT2D eigenvalue weighted by molar-refractivity contribution is -0.117. The molecule has 1 amide bonds. The van der Waals surface area contributed by atoms with Gasteiger partial charge in [0.15, 0.2) is 5.78 Å². The highest BCUT2D eigenvalue weighted by atomic mass is 19.1. The van der Waals surface area contributed by atoms with Crippen LogP contribution in [0.3, 0.4) is 0 Å². The standard InChI is InChI=1S/C19H28FNO3/c1-13-5-6-15(20)12-16(13)17(22)11-14-7-9-21(10-8-14)18(23)24-19(2,3)4/h6,12-14H,5,7-11H2,1-4H3. The number of ketones is 1. The van der Waals surface area contributed by atoms with E-state index in [1.54, 1.807) is 4.90 Å². The molecule has 134 valence electrons. The van der Waals surface area contributed by atoms with Crippen LogP contribution >= 0.6 is 0 Å². The number of carbonyl (C=O) groups excluding carboxylic acids is 2. The van der Waals surface area contributed by atoms with Crippen LogP contribution in [0.5, 0.6) is 0 Å². The quantitative estimate of drug-likeness (QED) is 0.766. The molecule has 0 radical (unpaired) electrons.